The van der Waals surface area contributed by atoms with Crippen molar-refractivity contribution in [2.45, 2.75) is 45.1 Å². The van der Waals surface area contributed by atoms with Gasteiger partial charge in [-0.15, -0.1) is 11.3 Å². The second-order valence-electron chi connectivity index (χ2n) is 4.25. The molecule has 1 heterocycles. The van der Waals surface area contributed by atoms with Crippen LogP contribution in [0.5, 0.6) is 0 Å². The summed E-state index contributed by atoms with van der Waals surface area (Å²) < 4.78 is 4.89. The molecule has 1 N–H and O–H groups in total. The first-order valence-corrected chi connectivity index (χ1v) is 7.02. The largest absolute Gasteiger partial charge is 0.466 e. The summed E-state index contributed by atoms with van der Waals surface area (Å²) in [6, 6.07) is 0.566. The van der Waals surface area contributed by atoms with Crippen LogP contribution in [0.1, 0.15) is 38.3 Å². The van der Waals surface area contributed by atoms with Gasteiger partial charge in [0.25, 0.3) is 0 Å². The predicted octanol–water partition coefficient (Wildman–Crippen LogP) is 2.60. The van der Waals surface area contributed by atoms with Gasteiger partial charge in [0.15, 0.2) is 5.13 Å². The zero-order chi connectivity index (χ0) is 12.1. The van der Waals surface area contributed by atoms with Crippen molar-refractivity contribution >= 4 is 22.4 Å². The van der Waals surface area contributed by atoms with Gasteiger partial charge in [0.1, 0.15) is 0 Å². The molecule has 0 spiro atoms. The van der Waals surface area contributed by atoms with E-state index in [2.05, 4.69) is 10.3 Å². The Bertz CT molecular complexity index is 372. The maximum absolute atomic E-state index is 11.3. The van der Waals surface area contributed by atoms with Crippen LogP contribution in [0.2, 0.25) is 0 Å². The maximum atomic E-state index is 11.3. The van der Waals surface area contributed by atoms with Gasteiger partial charge in [0.2, 0.25) is 0 Å². The Morgan fingerprint density at radius 1 is 1.59 bits per heavy atom. The summed E-state index contributed by atoms with van der Waals surface area (Å²) in [5.74, 6) is -0.204. The van der Waals surface area contributed by atoms with E-state index in [-0.39, 0.29) is 12.4 Å². The molecule has 0 unspecified atom stereocenters. The van der Waals surface area contributed by atoms with Crippen LogP contribution in [0.4, 0.5) is 5.13 Å². The highest BCUT2D eigenvalue weighted by Gasteiger charge is 2.16. The van der Waals surface area contributed by atoms with E-state index in [4.69, 9.17) is 4.74 Å². The van der Waals surface area contributed by atoms with Crippen LogP contribution < -0.4 is 5.32 Å². The van der Waals surface area contributed by atoms with Gasteiger partial charge >= 0.3 is 5.97 Å². The van der Waals surface area contributed by atoms with Crippen molar-refractivity contribution in [3.8, 4) is 0 Å². The molecule has 1 saturated carbocycles. The number of thiazole rings is 1. The molecule has 1 aliphatic carbocycles. The van der Waals surface area contributed by atoms with Crippen LogP contribution in [0, 0.1) is 0 Å². The number of esters is 1. The van der Waals surface area contributed by atoms with E-state index in [1.807, 2.05) is 12.3 Å². The molecule has 0 radical (unpaired) electrons. The summed E-state index contributed by atoms with van der Waals surface area (Å²) in [5.41, 5.74) is 0.800. The first-order chi connectivity index (χ1) is 8.28. The van der Waals surface area contributed by atoms with Gasteiger partial charge in [-0.1, -0.05) is 12.8 Å². The number of rotatable bonds is 5. The molecule has 94 valence electrons. The van der Waals surface area contributed by atoms with Crippen molar-refractivity contribution in [2.24, 2.45) is 0 Å². The first-order valence-electron chi connectivity index (χ1n) is 6.14. The lowest BCUT2D eigenvalue weighted by molar-refractivity contribution is -0.142. The smallest absolute Gasteiger partial charge is 0.311 e. The quantitative estimate of drug-likeness (QED) is 0.821. The minimum absolute atomic E-state index is 0.204. The van der Waals surface area contributed by atoms with E-state index in [1.54, 1.807) is 11.3 Å². The highest BCUT2D eigenvalue weighted by Crippen LogP contribution is 2.24. The molecular formula is C12H18N2O2S. The van der Waals surface area contributed by atoms with E-state index in [0.717, 1.165) is 10.8 Å². The molecule has 1 aromatic rings. The predicted molar refractivity (Wildman–Crippen MR) is 68.3 cm³/mol. The lowest BCUT2D eigenvalue weighted by Gasteiger charge is -2.09. The van der Waals surface area contributed by atoms with Crippen molar-refractivity contribution in [1.82, 2.24) is 4.98 Å². The highest BCUT2D eigenvalue weighted by atomic mass is 32.1. The lowest BCUT2D eigenvalue weighted by Crippen LogP contribution is -2.14. The summed E-state index contributed by atoms with van der Waals surface area (Å²) in [4.78, 5) is 15.7. The Hall–Kier alpha value is -1.10. The van der Waals surface area contributed by atoms with Crippen molar-refractivity contribution in [2.75, 3.05) is 11.9 Å². The monoisotopic (exact) mass is 254 g/mol. The molecular weight excluding hydrogens is 236 g/mol. The number of anilines is 1. The molecule has 2 rings (SSSR count). The summed E-state index contributed by atoms with van der Waals surface area (Å²) in [6.07, 6.45) is 5.34. The average Bonchev–Trinajstić information content (AvgIpc) is 2.91. The number of carbonyl (C=O) groups excluding carboxylic acids is 1. The fraction of sp³-hybridized carbons (Fsp3) is 0.667. The van der Waals surface area contributed by atoms with Gasteiger partial charge < -0.3 is 10.1 Å². The van der Waals surface area contributed by atoms with Gasteiger partial charge in [-0.2, -0.15) is 0 Å². The molecule has 1 aliphatic rings. The molecule has 1 aromatic heterocycles. The van der Waals surface area contributed by atoms with Crippen LogP contribution in [-0.2, 0) is 16.0 Å². The van der Waals surface area contributed by atoms with E-state index in [0.29, 0.717) is 12.6 Å². The molecule has 0 bridgehead atoms. The molecule has 17 heavy (non-hydrogen) atoms. The third kappa shape index (κ3) is 3.70. The zero-order valence-corrected chi connectivity index (χ0v) is 10.9. The standard InChI is InChI=1S/C12H18N2O2S/c1-2-16-11(15)7-10-8-17-12(14-10)13-9-5-3-4-6-9/h8-9H,2-7H2,1H3,(H,13,14). The van der Waals surface area contributed by atoms with Gasteiger partial charge in [-0.25, -0.2) is 4.98 Å². The average molecular weight is 254 g/mol. The van der Waals surface area contributed by atoms with Crippen LogP contribution >= 0.6 is 11.3 Å². The van der Waals surface area contributed by atoms with Gasteiger partial charge in [0.05, 0.1) is 18.7 Å². The number of hydrogen-bond acceptors (Lipinski definition) is 5. The summed E-state index contributed by atoms with van der Waals surface area (Å²) in [5, 5.41) is 6.27. The third-order valence-electron chi connectivity index (χ3n) is 2.87. The van der Waals surface area contributed by atoms with Gasteiger partial charge in [0, 0.05) is 11.4 Å². The summed E-state index contributed by atoms with van der Waals surface area (Å²) in [6.45, 7) is 2.24. The molecule has 4 nitrogen and oxygen atoms in total. The van der Waals surface area contributed by atoms with Crippen molar-refractivity contribution in [1.29, 1.82) is 0 Å². The van der Waals surface area contributed by atoms with Crippen molar-refractivity contribution < 1.29 is 9.53 Å². The van der Waals surface area contributed by atoms with Crippen LogP contribution in [-0.4, -0.2) is 23.6 Å². The number of nitrogens with one attached hydrogen (secondary N) is 1. The Balaban J connectivity index is 1.84. The Kier molecular flexibility index (Phi) is 4.36. The van der Waals surface area contributed by atoms with E-state index < -0.39 is 0 Å². The molecule has 0 saturated heterocycles. The van der Waals surface area contributed by atoms with Gasteiger partial charge in [-0.05, 0) is 19.8 Å². The van der Waals surface area contributed by atoms with E-state index in [9.17, 15) is 4.79 Å². The molecule has 0 aromatic carbocycles. The summed E-state index contributed by atoms with van der Waals surface area (Å²) in [7, 11) is 0. The second-order valence-corrected chi connectivity index (χ2v) is 5.11. The molecule has 5 heteroatoms. The van der Waals surface area contributed by atoms with Gasteiger partial charge in [-0.3, -0.25) is 4.79 Å². The maximum Gasteiger partial charge on any atom is 0.311 e. The number of aromatic nitrogens is 1. The zero-order valence-electron chi connectivity index (χ0n) is 10.1. The number of carbonyl (C=O) groups is 1. The van der Waals surface area contributed by atoms with E-state index in [1.165, 1.54) is 25.7 Å². The third-order valence-corrected chi connectivity index (χ3v) is 3.69. The Morgan fingerprint density at radius 2 is 2.35 bits per heavy atom. The van der Waals surface area contributed by atoms with Crippen molar-refractivity contribution in [3.63, 3.8) is 0 Å². The minimum atomic E-state index is -0.204. The number of ether oxygens (including phenoxy) is 1. The van der Waals surface area contributed by atoms with Crippen LogP contribution in [0.15, 0.2) is 5.38 Å². The van der Waals surface area contributed by atoms with E-state index >= 15 is 0 Å². The van der Waals surface area contributed by atoms with Crippen LogP contribution in [0.3, 0.4) is 0 Å². The molecule has 0 aliphatic heterocycles. The highest BCUT2D eigenvalue weighted by molar-refractivity contribution is 7.13. The Labute approximate surface area is 105 Å². The lowest BCUT2D eigenvalue weighted by atomic mass is 10.3. The Morgan fingerprint density at radius 3 is 3.06 bits per heavy atom. The first kappa shape index (κ1) is 12.4. The topological polar surface area (TPSA) is 51.2 Å². The SMILES string of the molecule is CCOC(=O)Cc1csc(NC2CCCC2)n1. The second kappa shape index (κ2) is 6.00. The fourth-order valence-corrected chi connectivity index (χ4v) is 2.85. The van der Waals surface area contributed by atoms with Crippen LogP contribution in [0.25, 0.3) is 0 Å². The fourth-order valence-electron chi connectivity index (χ4n) is 2.06. The molecule has 1 fully saturated rings. The molecule has 0 atom stereocenters. The van der Waals surface area contributed by atoms with Crippen molar-refractivity contribution in [3.05, 3.63) is 11.1 Å². The minimum Gasteiger partial charge on any atom is -0.466 e. The summed E-state index contributed by atoms with van der Waals surface area (Å²) >= 11 is 1.57. The molecule has 0 amide bonds. The number of nitrogens with zero attached hydrogens (tertiary/aromatic N) is 1. The number of hydrogen-bond donors (Lipinski definition) is 1. The normalized spacial score (nSPS) is 16.1.